The molecule has 1 aromatic heterocycles. The van der Waals surface area contributed by atoms with E-state index in [1.807, 2.05) is 42.5 Å². The number of hydrogen-bond donors (Lipinski definition) is 1. The summed E-state index contributed by atoms with van der Waals surface area (Å²) < 4.78 is 14.6. The molecule has 0 fully saturated rings. The van der Waals surface area contributed by atoms with Crippen LogP contribution in [0.2, 0.25) is 5.02 Å². The molecule has 0 radical (unpaired) electrons. The maximum Gasteiger partial charge on any atom is 0.349 e. The molecular weight excluding hydrogens is 393 g/mol. The van der Waals surface area contributed by atoms with Crippen molar-refractivity contribution in [2.24, 2.45) is 0 Å². The number of nitrogens with one attached hydrogen (secondary N) is 1. The molecule has 29 heavy (non-hydrogen) atoms. The van der Waals surface area contributed by atoms with Gasteiger partial charge >= 0.3 is 5.69 Å². The molecule has 0 saturated heterocycles. The fourth-order valence-electron chi connectivity index (χ4n) is 3.12. The van der Waals surface area contributed by atoms with Gasteiger partial charge in [-0.05, 0) is 24.3 Å². The Kier molecular flexibility index (Phi) is 5.10. The monoisotopic (exact) mass is 407 g/mol. The molecule has 1 N–H and O–H groups in total. The van der Waals surface area contributed by atoms with Crippen LogP contribution in [0.15, 0.2) is 77.6 Å². The molecule has 1 heterocycles. The van der Waals surface area contributed by atoms with Gasteiger partial charge in [0.2, 0.25) is 5.91 Å². The average Bonchev–Trinajstić information content (AvgIpc) is 2.73. The number of rotatable bonds is 4. The molecule has 0 bridgehead atoms. The molecule has 4 aromatic rings. The molecule has 1 amide bonds. The smallest absolute Gasteiger partial charge is 0.324 e. The van der Waals surface area contributed by atoms with E-state index in [0.29, 0.717) is 16.9 Å². The van der Waals surface area contributed by atoms with Crippen molar-refractivity contribution in [3.63, 3.8) is 0 Å². The third-order valence-corrected chi connectivity index (χ3v) is 4.73. The van der Waals surface area contributed by atoms with Gasteiger partial charge in [-0.1, -0.05) is 60.1 Å². The molecule has 4 rings (SSSR count). The zero-order valence-electron chi connectivity index (χ0n) is 15.1. The number of benzene rings is 3. The number of nitrogens with zero attached hydrogens (tertiary/aromatic N) is 2. The Morgan fingerprint density at radius 2 is 1.76 bits per heavy atom. The highest BCUT2D eigenvalue weighted by Gasteiger charge is 2.14. The van der Waals surface area contributed by atoms with Crippen molar-refractivity contribution in [3.8, 4) is 11.3 Å². The molecule has 0 aliphatic carbocycles. The maximum absolute atomic E-state index is 13.3. The Hall–Kier alpha value is -3.51. The van der Waals surface area contributed by atoms with Gasteiger partial charge < -0.3 is 5.32 Å². The highest BCUT2D eigenvalue weighted by Crippen LogP contribution is 2.25. The van der Waals surface area contributed by atoms with Crippen molar-refractivity contribution >= 4 is 34.1 Å². The van der Waals surface area contributed by atoms with Gasteiger partial charge in [0.25, 0.3) is 0 Å². The fourth-order valence-corrected chi connectivity index (χ4v) is 3.30. The first-order chi connectivity index (χ1) is 14.0. The Labute approximate surface area is 170 Å². The summed E-state index contributed by atoms with van der Waals surface area (Å²) in [7, 11) is 0. The Morgan fingerprint density at radius 1 is 1.03 bits per heavy atom. The molecule has 144 valence electrons. The van der Waals surface area contributed by atoms with E-state index >= 15 is 0 Å². The summed E-state index contributed by atoms with van der Waals surface area (Å²) in [6.07, 6.45) is 0. The molecular formula is C22H15ClFN3O2. The van der Waals surface area contributed by atoms with Crippen LogP contribution in [-0.2, 0) is 11.3 Å². The van der Waals surface area contributed by atoms with Crippen LogP contribution >= 0.6 is 11.6 Å². The topological polar surface area (TPSA) is 64.0 Å². The van der Waals surface area contributed by atoms with Crippen molar-refractivity contribution in [1.29, 1.82) is 0 Å². The second-order valence-corrected chi connectivity index (χ2v) is 6.80. The predicted molar refractivity (Wildman–Crippen MR) is 111 cm³/mol. The summed E-state index contributed by atoms with van der Waals surface area (Å²) in [5.41, 5.74) is 1.78. The van der Waals surface area contributed by atoms with E-state index in [0.717, 1.165) is 17.0 Å². The van der Waals surface area contributed by atoms with Crippen molar-refractivity contribution in [2.45, 2.75) is 6.54 Å². The van der Waals surface area contributed by atoms with Gasteiger partial charge in [-0.2, -0.15) is 4.98 Å². The van der Waals surface area contributed by atoms with E-state index in [1.165, 1.54) is 16.7 Å². The number of aromatic nitrogens is 2. The second-order valence-electron chi connectivity index (χ2n) is 6.39. The van der Waals surface area contributed by atoms with Crippen molar-refractivity contribution < 1.29 is 9.18 Å². The number of carbonyl (C=O) groups is 1. The standard InChI is InChI=1S/C22H15ClFN3O2/c23-17-12-15(10-11-18(17)24)25-20(28)13-27-19-9-5-4-8-16(19)21(26-22(27)29)14-6-2-1-3-7-14/h1-12H,13H2,(H,25,28). The van der Waals surface area contributed by atoms with Crippen molar-refractivity contribution in [2.75, 3.05) is 5.32 Å². The lowest BCUT2D eigenvalue weighted by Gasteiger charge is -2.13. The van der Waals surface area contributed by atoms with E-state index in [-0.39, 0.29) is 11.6 Å². The largest absolute Gasteiger partial charge is 0.349 e. The Bertz CT molecular complexity index is 1270. The molecule has 0 saturated carbocycles. The zero-order valence-corrected chi connectivity index (χ0v) is 15.9. The van der Waals surface area contributed by atoms with Gasteiger partial charge in [0.1, 0.15) is 12.4 Å². The quantitative estimate of drug-likeness (QED) is 0.542. The summed E-state index contributed by atoms with van der Waals surface area (Å²) in [6.45, 7) is -0.240. The molecule has 0 aliphatic rings. The van der Waals surface area contributed by atoms with E-state index < -0.39 is 17.4 Å². The maximum atomic E-state index is 13.3. The van der Waals surface area contributed by atoms with Crippen LogP contribution in [0.4, 0.5) is 10.1 Å². The summed E-state index contributed by atoms with van der Waals surface area (Å²) >= 11 is 5.74. The number of carbonyl (C=O) groups excluding carboxylic acids is 1. The molecule has 0 spiro atoms. The number of halogens is 2. The van der Waals surface area contributed by atoms with Crippen molar-refractivity contribution in [1.82, 2.24) is 9.55 Å². The van der Waals surface area contributed by atoms with Gasteiger partial charge in [0.15, 0.2) is 0 Å². The highest BCUT2D eigenvalue weighted by molar-refractivity contribution is 6.31. The summed E-state index contributed by atoms with van der Waals surface area (Å²) in [6, 6.07) is 20.5. The van der Waals surface area contributed by atoms with Crippen LogP contribution < -0.4 is 11.0 Å². The summed E-state index contributed by atoms with van der Waals surface area (Å²) in [5.74, 6) is -1.03. The molecule has 3 aromatic carbocycles. The molecule has 0 atom stereocenters. The lowest BCUT2D eigenvalue weighted by Crippen LogP contribution is -2.30. The van der Waals surface area contributed by atoms with Crippen LogP contribution in [0, 0.1) is 5.82 Å². The summed E-state index contributed by atoms with van der Waals surface area (Å²) in [4.78, 5) is 29.4. The first-order valence-electron chi connectivity index (χ1n) is 8.83. The predicted octanol–water partition coefficient (Wildman–Crippen LogP) is 4.49. The van der Waals surface area contributed by atoms with Crippen LogP contribution in [0.5, 0.6) is 0 Å². The van der Waals surface area contributed by atoms with Gasteiger partial charge in [0.05, 0.1) is 16.2 Å². The minimum Gasteiger partial charge on any atom is -0.324 e. The van der Waals surface area contributed by atoms with Gasteiger partial charge in [-0.25, -0.2) is 9.18 Å². The number of amides is 1. The van der Waals surface area contributed by atoms with E-state index in [1.54, 1.807) is 12.1 Å². The third kappa shape index (κ3) is 3.88. The van der Waals surface area contributed by atoms with Crippen LogP contribution in [0.25, 0.3) is 22.2 Å². The number of fused-ring (bicyclic) bond motifs is 1. The third-order valence-electron chi connectivity index (χ3n) is 4.44. The molecule has 0 aliphatic heterocycles. The van der Waals surface area contributed by atoms with Crippen LogP contribution in [0.1, 0.15) is 0 Å². The van der Waals surface area contributed by atoms with Gasteiger partial charge in [-0.3, -0.25) is 9.36 Å². The van der Waals surface area contributed by atoms with E-state index in [9.17, 15) is 14.0 Å². The number of para-hydroxylation sites is 1. The number of anilines is 1. The summed E-state index contributed by atoms with van der Waals surface area (Å²) in [5, 5.41) is 3.28. The Morgan fingerprint density at radius 3 is 2.52 bits per heavy atom. The first kappa shape index (κ1) is 18.8. The van der Waals surface area contributed by atoms with E-state index in [4.69, 9.17) is 11.6 Å². The van der Waals surface area contributed by atoms with Crippen molar-refractivity contribution in [3.05, 3.63) is 94.1 Å². The normalized spacial score (nSPS) is 10.8. The van der Waals surface area contributed by atoms with Crippen LogP contribution in [0.3, 0.4) is 0 Å². The first-order valence-corrected chi connectivity index (χ1v) is 9.20. The van der Waals surface area contributed by atoms with E-state index in [2.05, 4.69) is 10.3 Å². The lowest BCUT2D eigenvalue weighted by atomic mass is 10.1. The molecule has 5 nitrogen and oxygen atoms in total. The minimum absolute atomic E-state index is 0.0979. The van der Waals surface area contributed by atoms with Gasteiger partial charge in [0, 0.05) is 16.6 Å². The average molecular weight is 408 g/mol. The minimum atomic E-state index is -0.576. The Balaban J connectivity index is 1.71. The number of hydrogen-bond acceptors (Lipinski definition) is 3. The van der Waals surface area contributed by atoms with Crippen LogP contribution in [-0.4, -0.2) is 15.5 Å². The second kappa shape index (κ2) is 7.85. The zero-order chi connectivity index (χ0) is 20.4. The SMILES string of the molecule is O=C(Cn1c(=O)nc(-c2ccccc2)c2ccccc21)Nc1ccc(F)c(Cl)c1. The molecule has 7 heteroatoms. The molecule has 0 unspecified atom stereocenters. The van der Waals surface area contributed by atoms with Gasteiger partial charge in [-0.15, -0.1) is 0 Å². The fraction of sp³-hybridized carbons (Fsp3) is 0.0455. The highest BCUT2D eigenvalue weighted by atomic mass is 35.5. The lowest BCUT2D eigenvalue weighted by molar-refractivity contribution is -0.116.